The number of fused-ring (bicyclic) bond motifs is 1. The van der Waals surface area contributed by atoms with Crippen molar-refractivity contribution >= 4 is 17.6 Å². The van der Waals surface area contributed by atoms with Crippen molar-refractivity contribution in [3.8, 4) is 11.5 Å². The summed E-state index contributed by atoms with van der Waals surface area (Å²) in [6.45, 7) is 4.30. The normalized spacial score (nSPS) is 21.4. The topological polar surface area (TPSA) is 88.0 Å². The Hall–Kier alpha value is -2.80. The Morgan fingerprint density at radius 1 is 1.12 bits per heavy atom. The zero-order valence-corrected chi connectivity index (χ0v) is 20.3. The molecule has 1 unspecified atom stereocenters. The maximum atomic E-state index is 13.2. The Labute approximate surface area is 205 Å². The van der Waals surface area contributed by atoms with Gasteiger partial charge in [-0.1, -0.05) is 80.1 Å². The van der Waals surface area contributed by atoms with Crippen LogP contribution >= 0.6 is 11.6 Å². The van der Waals surface area contributed by atoms with E-state index in [2.05, 4.69) is 11.6 Å². The van der Waals surface area contributed by atoms with Gasteiger partial charge in [-0.3, -0.25) is 4.84 Å². The Balaban J connectivity index is 1.92. The van der Waals surface area contributed by atoms with Gasteiger partial charge in [-0.05, 0) is 36.3 Å². The monoisotopic (exact) mass is 485 g/mol. The first-order valence-corrected chi connectivity index (χ1v) is 11.9. The number of carbonyl (C=O) groups excluding carboxylic acids is 1. The van der Waals surface area contributed by atoms with Crippen LogP contribution in [0.3, 0.4) is 0 Å². The number of phenolic OH excluding ortho intramolecular Hbond substituents is 2. The van der Waals surface area contributed by atoms with Crippen molar-refractivity contribution in [3.63, 3.8) is 0 Å². The summed E-state index contributed by atoms with van der Waals surface area (Å²) in [4.78, 5) is 18.9. The third-order valence-corrected chi connectivity index (χ3v) is 6.09. The third kappa shape index (κ3) is 7.10. The van der Waals surface area contributed by atoms with Crippen molar-refractivity contribution in [1.82, 2.24) is 5.48 Å². The molecule has 1 heterocycles. The lowest BCUT2D eigenvalue weighted by molar-refractivity contribution is 0.0128. The molecule has 0 radical (unpaired) electrons. The largest absolute Gasteiger partial charge is 0.507 e. The number of ether oxygens (including phenoxy) is 1. The molecule has 1 aliphatic rings. The zero-order valence-electron chi connectivity index (χ0n) is 19.5. The number of benzene rings is 2. The Bertz CT molecular complexity index is 1020. The number of hydrogen-bond donors (Lipinski definition) is 3. The van der Waals surface area contributed by atoms with Crippen molar-refractivity contribution in [2.24, 2.45) is 5.92 Å². The van der Waals surface area contributed by atoms with E-state index >= 15 is 0 Å². The summed E-state index contributed by atoms with van der Waals surface area (Å²) in [5.74, 6) is -1.27. The van der Waals surface area contributed by atoms with Crippen LogP contribution in [0.5, 0.6) is 11.5 Å². The average Bonchev–Trinajstić information content (AvgIpc) is 2.80. The summed E-state index contributed by atoms with van der Waals surface area (Å²) in [5, 5.41) is 20.8. The second-order valence-electron chi connectivity index (χ2n) is 8.69. The van der Waals surface area contributed by atoms with Crippen molar-refractivity contribution in [2.45, 2.75) is 58.3 Å². The summed E-state index contributed by atoms with van der Waals surface area (Å²) in [5.41, 5.74) is 4.27. The SMILES string of the molecule is CC(C)[C@@H]1C/C=C/CC/C=C/C(NOCc2ccccc2)Cc2c(Cl)c(O)cc(O)c2C(=O)O1. The molecule has 0 amide bonds. The number of halogens is 1. The number of aromatic hydroxyl groups is 2. The van der Waals surface area contributed by atoms with Crippen LogP contribution in [0.4, 0.5) is 0 Å². The standard InChI is InChI=1S/C27H32ClNO5/c1-18(2)24-14-10-5-3-4-9-13-20(29-33-17-19-11-7-6-8-12-19)15-21-25(27(32)34-24)22(30)16-23(31)26(21)28/h5-13,16,18,20,24,29-31H,3-4,14-15,17H2,1-2H3/b10-5+,13-9+/t20?,24-/m0/s1. The van der Waals surface area contributed by atoms with Crippen LogP contribution in [-0.2, 0) is 22.6 Å². The van der Waals surface area contributed by atoms with E-state index in [0.717, 1.165) is 24.5 Å². The molecule has 0 bridgehead atoms. The Morgan fingerprint density at radius 2 is 1.85 bits per heavy atom. The number of rotatable bonds is 5. The van der Waals surface area contributed by atoms with E-state index in [0.29, 0.717) is 18.6 Å². The summed E-state index contributed by atoms with van der Waals surface area (Å²) in [6.07, 6.45) is 10.2. The maximum Gasteiger partial charge on any atom is 0.342 e. The molecule has 2 atom stereocenters. The molecule has 0 spiro atoms. The number of nitrogens with one attached hydrogen (secondary N) is 1. The van der Waals surface area contributed by atoms with Crippen LogP contribution < -0.4 is 5.48 Å². The quantitative estimate of drug-likeness (QED) is 0.279. The van der Waals surface area contributed by atoms with Gasteiger partial charge < -0.3 is 14.9 Å². The number of allylic oxidation sites excluding steroid dienone is 2. The van der Waals surface area contributed by atoms with Gasteiger partial charge in [-0.2, -0.15) is 5.48 Å². The highest BCUT2D eigenvalue weighted by molar-refractivity contribution is 6.33. The molecule has 3 rings (SSSR count). The molecule has 0 saturated carbocycles. The molecule has 34 heavy (non-hydrogen) atoms. The first kappa shape index (κ1) is 25.8. The molecule has 2 aromatic carbocycles. The summed E-state index contributed by atoms with van der Waals surface area (Å²) >= 11 is 6.42. The molecule has 2 aromatic rings. The molecule has 0 aromatic heterocycles. The van der Waals surface area contributed by atoms with E-state index in [1.165, 1.54) is 0 Å². The van der Waals surface area contributed by atoms with E-state index in [4.69, 9.17) is 21.2 Å². The van der Waals surface area contributed by atoms with Gasteiger partial charge in [0.05, 0.1) is 17.7 Å². The maximum absolute atomic E-state index is 13.2. The fraction of sp³-hybridized carbons (Fsp3) is 0.370. The Kier molecular flexibility index (Phi) is 9.57. The highest BCUT2D eigenvalue weighted by Crippen LogP contribution is 2.38. The minimum Gasteiger partial charge on any atom is -0.507 e. The van der Waals surface area contributed by atoms with Gasteiger partial charge in [0.15, 0.2) is 0 Å². The highest BCUT2D eigenvalue weighted by atomic mass is 35.5. The second-order valence-corrected chi connectivity index (χ2v) is 9.06. The van der Waals surface area contributed by atoms with Crippen LogP contribution in [0.15, 0.2) is 60.7 Å². The summed E-state index contributed by atoms with van der Waals surface area (Å²) < 4.78 is 5.77. The van der Waals surface area contributed by atoms with Gasteiger partial charge in [-0.15, -0.1) is 0 Å². The van der Waals surface area contributed by atoms with Gasteiger partial charge in [0.25, 0.3) is 0 Å². The van der Waals surface area contributed by atoms with Gasteiger partial charge in [0.2, 0.25) is 0 Å². The second kappa shape index (κ2) is 12.6. The fourth-order valence-electron chi connectivity index (χ4n) is 3.73. The van der Waals surface area contributed by atoms with Crippen LogP contribution in [0.2, 0.25) is 5.02 Å². The minimum atomic E-state index is -0.675. The molecule has 0 aliphatic carbocycles. The zero-order chi connectivity index (χ0) is 24.5. The molecule has 6 nitrogen and oxygen atoms in total. The smallest absolute Gasteiger partial charge is 0.342 e. The van der Waals surface area contributed by atoms with Crippen LogP contribution in [0.25, 0.3) is 0 Å². The first-order chi connectivity index (χ1) is 16.4. The van der Waals surface area contributed by atoms with Crippen LogP contribution in [0, 0.1) is 5.92 Å². The first-order valence-electron chi connectivity index (χ1n) is 11.5. The van der Waals surface area contributed by atoms with E-state index in [9.17, 15) is 15.0 Å². The molecule has 182 valence electrons. The van der Waals surface area contributed by atoms with E-state index in [1.807, 2.05) is 62.4 Å². The lowest BCUT2D eigenvalue weighted by Crippen LogP contribution is -2.31. The van der Waals surface area contributed by atoms with E-state index in [-0.39, 0.29) is 46.6 Å². The molecule has 1 aliphatic heterocycles. The molecule has 7 heteroatoms. The predicted octanol–water partition coefficient (Wildman–Crippen LogP) is 5.86. The lowest BCUT2D eigenvalue weighted by atomic mass is 9.97. The number of esters is 1. The molecule has 3 N–H and O–H groups in total. The van der Waals surface area contributed by atoms with Crippen molar-refractivity contribution in [3.05, 3.63) is 82.4 Å². The molecule has 0 saturated heterocycles. The van der Waals surface area contributed by atoms with E-state index < -0.39 is 5.97 Å². The Morgan fingerprint density at radius 3 is 2.59 bits per heavy atom. The van der Waals surface area contributed by atoms with Crippen molar-refractivity contribution < 1.29 is 24.6 Å². The number of hydroxylamine groups is 1. The van der Waals surface area contributed by atoms with Crippen molar-refractivity contribution in [2.75, 3.05) is 0 Å². The van der Waals surface area contributed by atoms with Crippen LogP contribution in [-0.4, -0.2) is 28.3 Å². The van der Waals surface area contributed by atoms with Gasteiger partial charge in [0.1, 0.15) is 23.2 Å². The summed E-state index contributed by atoms with van der Waals surface area (Å²) in [7, 11) is 0. The number of phenols is 2. The lowest BCUT2D eigenvalue weighted by Gasteiger charge is -2.23. The predicted molar refractivity (Wildman–Crippen MR) is 133 cm³/mol. The van der Waals surface area contributed by atoms with Gasteiger partial charge in [0, 0.05) is 12.5 Å². The van der Waals surface area contributed by atoms with Gasteiger partial charge >= 0.3 is 5.97 Å². The average molecular weight is 486 g/mol. The molecule has 0 fully saturated rings. The highest BCUT2D eigenvalue weighted by Gasteiger charge is 2.28. The number of carbonyl (C=O) groups is 1. The van der Waals surface area contributed by atoms with E-state index in [1.54, 1.807) is 0 Å². The number of cyclic esters (lactones) is 1. The fourth-order valence-corrected chi connectivity index (χ4v) is 3.96. The van der Waals surface area contributed by atoms with Gasteiger partial charge in [-0.25, -0.2) is 4.79 Å². The van der Waals surface area contributed by atoms with Crippen molar-refractivity contribution in [1.29, 1.82) is 0 Å². The summed E-state index contributed by atoms with van der Waals surface area (Å²) in [6, 6.07) is 10.4. The molecular weight excluding hydrogens is 454 g/mol. The minimum absolute atomic E-state index is 0.00102. The molecular formula is C27H32ClNO5. The number of hydrogen-bond acceptors (Lipinski definition) is 6. The van der Waals surface area contributed by atoms with Crippen LogP contribution in [0.1, 0.15) is 54.6 Å². The third-order valence-electron chi connectivity index (χ3n) is 5.67.